The maximum Gasteiger partial charge on any atom is 0.120 e. The van der Waals surface area contributed by atoms with E-state index in [1.165, 1.54) is 12.8 Å². The Kier molecular flexibility index (Phi) is 5.87. The topological polar surface area (TPSA) is 24.5 Å². The Labute approximate surface area is 130 Å². The zero-order valence-electron chi connectivity index (χ0n) is 12.5. The third-order valence-corrected chi connectivity index (χ3v) is 4.77. The first kappa shape index (κ1) is 15.8. The van der Waals surface area contributed by atoms with Gasteiger partial charge in [-0.3, -0.25) is 4.90 Å². The van der Waals surface area contributed by atoms with Crippen molar-refractivity contribution >= 4 is 15.9 Å². The van der Waals surface area contributed by atoms with Crippen molar-refractivity contribution in [2.75, 3.05) is 32.8 Å². The Morgan fingerprint density at radius 3 is 2.85 bits per heavy atom. The van der Waals surface area contributed by atoms with Crippen LogP contribution in [0.15, 0.2) is 28.7 Å². The molecule has 2 rings (SSSR count). The zero-order chi connectivity index (χ0) is 14.4. The highest BCUT2D eigenvalue weighted by Crippen LogP contribution is 2.20. The molecule has 0 atom stereocenters. The minimum absolute atomic E-state index is 0.300. The smallest absolute Gasteiger partial charge is 0.120 e. The summed E-state index contributed by atoms with van der Waals surface area (Å²) in [5.74, 6) is 0.937. The summed E-state index contributed by atoms with van der Waals surface area (Å²) in [4.78, 5) is 2.52. The molecule has 3 nitrogen and oxygen atoms in total. The van der Waals surface area contributed by atoms with E-state index in [9.17, 15) is 0 Å². The molecule has 4 heteroatoms. The summed E-state index contributed by atoms with van der Waals surface area (Å²) in [7, 11) is 0. The quantitative estimate of drug-likeness (QED) is 0.859. The average Bonchev–Trinajstić information content (AvgIpc) is 2.47. The summed E-state index contributed by atoms with van der Waals surface area (Å²) in [6.45, 7) is 9.62. The van der Waals surface area contributed by atoms with Gasteiger partial charge in [-0.15, -0.1) is 0 Å². The maximum absolute atomic E-state index is 5.83. The van der Waals surface area contributed by atoms with Gasteiger partial charge in [0.2, 0.25) is 0 Å². The molecular formula is C16H25BrN2O. The van der Waals surface area contributed by atoms with Gasteiger partial charge in [0.1, 0.15) is 12.4 Å². The molecule has 0 spiro atoms. The highest BCUT2D eigenvalue weighted by molar-refractivity contribution is 9.10. The molecule has 0 unspecified atom stereocenters. The minimum atomic E-state index is 0.300. The van der Waals surface area contributed by atoms with Crippen molar-refractivity contribution in [2.24, 2.45) is 0 Å². The molecule has 0 radical (unpaired) electrons. The van der Waals surface area contributed by atoms with Crippen LogP contribution in [0.1, 0.15) is 26.7 Å². The van der Waals surface area contributed by atoms with Gasteiger partial charge in [-0.2, -0.15) is 0 Å². The Bertz CT molecular complexity index is 421. The van der Waals surface area contributed by atoms with E-state index in [0.717, 1.165) is 43.0 Å². The van der Waals surface area contributed by atoms with E-state index in [0.29, 0.717) is 5.54 Å². The van der Waals surface area contributed by atoms with Gasteiger partial charge in [-0.25, -0.2) is 0 Å². The third-order valence-electron chi connectivity index (χ3n) is 4.28. The van der Waals surface area contributed by atoms with Crippen LogP contribution in [0.25, 0.3) is 0 Å². The fourth-order valence-electron chi connectivity index (χ4n) is 2.81. The lowest BCUT2D eigenvalue weighted by Gasteiger charge is -2.43. The molecule has 0 aromatic heterocycles. The molecule has 20 heavy (non-hydrogen) atoms. The summed E-state index contributed by atoms with van der Waals surface area (Å²) in [6, 6.07) is 8.04. The van der Waals surface area contributed by atoms with Crippen LogP contribution in [0.5, 0.6) is 5.75 Å². The first-order valence-electron chi connectivity index (χ1n) is 7.53. The molecule has 1 heterocycles. The molecule has 0 amide bonds. The van der Waals surface area contributed by atoms with E-state index in [1.807, 2.05) is 24.3 Å². The number of hydrogen-bond acceptors (Lipinski definition) is 3. The number of piperazine rings is 1. The summed E-state index contributed by atoms with van der Waals surface area (Å²) >= 11 is 3.47. The number of ether oxygens (including phenoxy) is 1. The van der Waals surface area contributed by atoms with Gasteiger partial charge in [-0.05, 0) is 31.0 Å². The fraction of sp³-hybridized carbons (Fsp3) is 0.625. The van der Waals surface area contributed by atoms with Crippen molar-refractivity contribution in [3.05, 3.63) is 28.7 Å². The zero-order valence-corrected chi connectivity index (χ0v) is 14.1. The van der Waals surface area contributed by atoms with Crippen molar-refractivity contribution in [1.82, 2.24) is 10.2 Å². The Hall–Kier alpha value is -0.580. The molecule has 0 bridgehead atoms. The van der Waals surface area contributed by atoms with Crippen molar-refractivity contribution in [3.8, 4) is 5.75 Å². The van der Waals surface area contributed by atoms with E-state index in [2.05, 4.69) is 40.0 Å². The number of hydrogen-bond donors (Lipinski definition) is 1. The fourth-order valence-corrected chi connectivity index (χ4v) is 3.18. The summed E-state index contributed by atoms with van der Waals surface area (Å²) in [5, 5.41) is 3.69. The molecule has 1 saturated heterocycles. The second-order valence-corrected chi connectivity index (χ2v) is 6.41. The van der Waals surface area contributed by atoms with Gasteiger partial charge >= 0.3 is 0 Å². The lowest BCUT2D eigenvalue weighted by molar-refractivity contribution is 0.108. The van der Waals surface area contributed by atoms with Crippen LogP contribution in [-0.4, -0.2) is 43.2 Å². The molecule has 1 aliphatic rings. The number of rotatable bonds is 6. The summed E-state index contributed by atoms with van der Waals surface area (Å²) in [6.07, 6.45) is 2.37. The lowest BCUT2D eigenvalue weighted by Crippen LogP contribution is -2.60. The van der Waals surface area contributed by atoms with Crippen molar-refractivity contribution < 1.29 is 4.74 Å². The molecule has 1 aliphatic heterocycles. The van der Waals surface area contributed by atoms with Crippen LogP contribution in [0.4, 0.5) is 0 Å². The van der Waals surface area contributed by atoms with Crippen LogP contribution in [0, 0.1) is 0 Å². The van der Waals surface area contributed by atoms with E-state index in [4.69, 9.17) is 4.74 Å². The van der Waals surface area contributed by atoms with Gasteiger partial charge in [0.05, 0.1) is 0 Å². The predicted octanol–water partition coefficient (Wildman–Crippen LogP) is 3.29. The number of nitrogens with zero attached hydrogens (tertiary/aromatic N) is 1. The van der Waals surface area contributed by atoms with Gasteiger partial charge < -0.3 is 10.1 Å². The normalized spacial score (nSPS) is 18.9. The van der Waals surface area contributed by atoms with Gasteiger partial charge in [0.15, 0.2) is 0 Å². The minimum Gasteiger partial charge on any atom is -0.492 e. The largest absolute Gasteiger partial charge is 0.492 e. The van der Waals surface area contributed by atoms with Crippen molar-refractivity contribution in [2.45, 2.75) is 32.2 Å². The predicted molar refractivity (Wildman–Crippen MR) is 87.4 cm³/mol. The van der Waals surface area contributed by atoms with E-state index >= 15 is 0 Å². The van der Waals surface area contributed by atoms with Crippen molar-refractivity contribution in [1.29, 1.82) is 0 Å². The van der Waals surface area contributed by atoms with Crippen LogP contribution < -0.4 is 10.1 Å². The molecule has 1 N–H and O–H groups in total. The number of halogens is 1. The first-order valence-corrected chi connectivity index (χ1v) is 8.32. The molecule has 1 aromatic rings. The average molecular weight is 341 g/mol. The highest BCUT2D eigenvalue weighted by atomic mass is 79.9. The van der Waals surface area contributed by atoms with Gasteiger partial charge in [-0.1, -0.05) is 35.8 Å². The third kappa shape index (κ3) is 4.21. The number of benzene rings is 1. The van der Waals surface area contributed by atoms with E-state index in [-0.39, 0.29) is 0 Å². The van der Waals surface area contributed by atoms with Gasteiger partial charge in [0.25, 0.3) is 0 Å². The Balaban J connectivity index is 1.79. The highest BCUT2D eigenvalue weighted by Gasteiger charge is 2.31. The molecule has 0 saturated carbocycles. The SMILES string of the molecule is CCC1(CC)CN(CCOc2cccc(Br)c2)CCN1. The molecule has 112 valence electrons. The first-order chi connectivity index (χ1) is 9.67. The van der Waals surface area contributed by atoms with Gasteiger partial charge in [0, 0.05) is 36.2 Å². The Morgan fingerprint density at radius 2 is 2.15 bits per heavy atom. The van der Waals surface area contributed by atoms with E-state index in [1.54, 1.807) is 0 Å². The lowest BCUT2D eigenvalue weighted by atomic mass is 9.90. The standard InChI is InChI=1S/C16H25BrN2O/c1-3-16(4-2)13-19(9-8-18-16)10-11-20-15-7-5-6-14(17)12-15/h5-7,12,18H,3-4,8-11,13H2,1-2H3. The molecule has 0 aliphatic carbocycles. The Morgan fingerprint density at radius 1 is 1.35 bits per heavy atom. The molecular weight excluding hydrogens is 316 g/mol. The monoisotopic (exact) mass is 340 g/mol. The maximum atomic E-state index is 5.83. The number of nitrogens with one attached hydrogen (secondary N) is 1. The van der Waals surface area contributed by atoms with Crippen LogP contribution in [0.3, 0.4) is 0 Å². The molecule has 1 aromatic carbocycles. The van der Waals surface area contributed by atoms with E-state index < -0.39 is 0 Å². The summed E-state index contributed by atoms with van der Waals surface area (Å²) < 4.78 is 6.90. The van der Waals surface area contributed by atoms with Crippen LogP contribution >= 0.6 is 15.9 Å². The molecule has 1 fully saturated rings. The second-order valence-electron chi connectivity index (χ2n) is 5.50. The van der Waals surface area contributed by atoms with Crippen LogP contribution in [-0.2, 0) is 0 Å². The van der Waals surface area contributed by atoms with Crippen LogP contribution in [0.2, 0.25) is 0 Å². The summed E-state index contributed by atoms with van der Waals surface area (Å²) in [5.41, 5.74) is 0.300. The van der Waals surface area contributed by atoms with Crippen molar-refractivity contribution in [3.63, 3.8) is 0 Å². The second kappa shape index (κ2) is 7.43.